The van der Waals surface area contributed by atoms with Crippen LogP contribution in [0.1, 0.15) is 16.7 Å². The number of para-hydroxylation sites is 1. The minimum absolute atomic E-state index is 0.155. The number of carbonyl (C=O) groups excluding carboxylic acids is 1. The summed E-state index contributed by atoms with van der Waals surface area (Å²) in [6.07, 6.45) is 0. The lowest BCUT2D eigenvalue weighted by Crippen LogP contribution is -2.41. The first kappa shape index (κ1) is 21.6. The second-order valence-corrected chi connectivity index (χ2v) is 9.21. The Morgan fingerprint density at radius 3 is 2.07 bits per heavy atom. The van der Waals surface area contributed by atoms with Crippen LogP contribution in [0.25, 0.3) is 0 Å². The van der Waals surface area contributed by atoms with Gasteiger partial charge in [0.25, 0.3) is 10.0 Å². The van der Waals surface area contributed by atoms with Gasteiger partial charge in [0.05, 0.1) is 10.6 Å². The van der Waals surface area contributed by atoms with Crippen molar-refractivity contribution in [2.75, 3.05) is 17.9 Å². The molecule has 0 unspecified atom stereocenters. The van der Waals surface area contributed by atoms with E-state index >= 15 is 0 Å². The summed E-state index contributed by atoms with van der Waals surface area (Å²) in [4.78, 5) is 14.7. The summed E-state index contributed by atoms with van der Waals surface area (Å²) in [5.41, 5.74) is 3.42. The maximum Gasteiger partial charge on any atom is 0.264 e. The quantitative estimate of drug-likeness (QED) is 0.575. The van der Waals surface area contributed by atoms with Crippen LogP contribution in [0.5, 0.6) is 0 Å². The van der Waals surface area contributed by atoms with Gasteiger partial charge in [-0.15, -0.1) is 0 Å². The molecule has 3 aromatic rings. The molecular weight excluding hydrogens is 396 g/mol. The molecule has 1 amide bonds. The van der Waals surface area contributed by atoms with Crippen LogP contribution in [-0.4, -0.2) is 32.8 Å². The zero-order valence-electron chi connectivity index (χ0n) is 17.4. The fourth-order valence-electron chi connectivity index (χ4n) is 3.16. The second-order valence-electron chi connectivity index (χ2n) is 7.35. The lowest BCUT2D eigenvalue weighted by Gasteiger charge is -2.28. The number of nitrogens with zero attached hydrogens (tertiary/aromatic N) is 2. The van der Waals surface area contributed by atoms with Gasteiger partial charge in [-0.3, -0.25) is 9.10 Å². The third kappa shape index (κ3) is 4.89. The largest absolute Gasteiger partial charge is 0.340 e. The third-order valence-electron chi connectivity index (χ3n) is 4.96. The van der Waals surface area contributed by atoms with Crippen LogP contribution in [0, 0.1) is 13.8 Å². The van der Waals surface area contributed by atoms with Crippen molar-refractivity contribution in [3.05, 3.63) is 95.6 Å². The summed E-state index contributed by atoms with van der Waals surface area (Å²) in [7, 11) is -2.21. The van der Waals surface area contributed by atoms with E-state index in [-0.39, 0.29) is 17.3 Å². The van der Waals surface area contributed by atoms with Crippen LogP contribution in [-0.2, 0) is 21.4 Å². The molecule has 0 saturated heterocycles. The van der Waals surface area contributed by atoms with Crippen LogP contribution >= 0.6 is 0 Å². The van der Waals surface area contributed by atoms with E-state index in [0.717, 1.165) is 16.7 Å². The third-order valence-corrected chi connectivity index (χ3v) is 6.73. The van der Waals surface area contributed by atoms with E-state index in [1.807, 2.05) is 50.2 Å². The first-order valence-corrected chi connectivity index (χ1v) is 11.2. The zero-order valence-corrected chi connectivity index (χ0v) is 18.3. The van der Waals surface area contributed by atoms with E-state index in [0.29, 0.717) is 12.2 Å². The summed E-state index contributed by atoms with van der Waals surface area (Å²) in [5.74, 6) is -0.279. The Hall–Kier alpha value is -3.12. The summed E-state index contributed by atoms with van der Waals surface area (Å²) >= 11 is 0. The number of benzene rings is 3. The Balaban J connectivity index is 1.90. The number of rotatable bonds is 7. The van der Waals surface area contributed by atoms with E-state index in [9.17, 15) is 13.2 Å². The van der Waals surface area contributed by atoms with Crippen molar-refractivity contribution < 1.29 is 13.2 Å². The molecule has 5 nitrogen and oxygen atoms in total. The van der Waals surface area contributed by atoms with Crippen molar-refractivity contribution >= 4 is 21.6 Å². The lowest BCUT2D eigenvalue weighted by molar-refractivity contribution is -0.128. The van der Waals surface area contributed by atoms with Crippen molar-refractivity contribution in [3.8, 4) is 0 Å². The number of hydrogen-bond acceptors (Lipinski definition) is 3. The van der Waals surface area contributed by atoms with Gasteiger partial charge in [0.2, 0.25) is 5.91 Å². The van der Waals surface area contributed by atoms with Crippen molar-refractivity contribution in [2.45, 2.75) is 25.3 Å². The molecule has 3 aromatic carbocycles. The molecule has 0 aliphatic carbocycles. The summed E-state index contributed by atoms with van der Waals surface area (Å²) in [6.45, 7) is 3.98. The average molecular weight is 423 g/mol. The molecule has 0 atom stereocenters. The van der Waals surface area contributed by atoms with E-state index in [1.54, 1.807) is 54.4 Å². The van der Waals surface area contributed by atoms with E-state index in [2.05, 4.69) is 0 Å². The monoisotopic (exact) mass is 422 g/mol. The maximum absolute atomic E-state index is 13.4. The first-order valence-electron chi connectivity index (χ1n) is 9.72. The maximum atomic E-state index is 13.4. The topological polar surface area (TPSA) is 57.7 Å². The Labute approximate surface area is 178 Å². The fraction of sp³-hybridized carbons (Fsp3) is 0.208. The predicted molar refractivity (Wildman–Crippen MR) is 120 cm³/mol. The normalized spacial score (nSPS) is 11.2. The lowest BCUT2D eigenvalue weighted by atomic mass is 10.1. The summed E-state index contributed by atoms with van der Waals surface area (Å²) in [6, 6.07) is 23.3. The van der Waals surface area contributed by atoms with Crippen LogP contribution in [0.3, 0.4) is 0 Å². The van der Waals surface area contributed by atoms with Crippen LogP contribution in [0.2, 0.25) is 0 Å². The van der Waals surface area contributed by atoms with Gasteiger partial charge < -0.3 is 4.90 Å². The number of carbonyl (C=O) groups is 1. The highest BCUT2D eigenvalue weighted by Crippen LogP contribution is 2.26. The molecule has 0 saturated carbocycles. The molecule has 0 radical (unpaired) electrons. The van der Waals surface area contributed by atoms with Crippen molar-refractivity contribution in [3.63, 3.8) is 0 Å². The highest BCUT2D eigenvalue weighted by molar-refractivity contribution is 7.92. The number of hydrogen-bond donors (Lipinski definition) is 0. The molecule has 0 aromatic heterocycles. The van der Waals surface area contributed by atoms with Crippen molar-refractivity contribution in [2.24, 2.45) is 0 Å². The van der Waals surface area contributed by atoms with Gasteiger partial charge in [-0.1, -0.05) is 66.2 Å². The molecule has 30 heavy (non-hydrogen) atoms. The van der Waals surface area contributed by atoms with Crippen LogP contribution < -0.4 is 4.31 Å². The molecule has 156 valence electrons. The molecular formula is C24H26N2O3S. The minimum atomic E-state index is -3.90. The highest BCUT2D eigenvalue weighted by atomic mass is 32.2. The van der Waals surface area contributed by atoms with E-state index in [1.165, 1.54) is 4.31 Å². The van der Waals surface area contributed by atoms with Gasteiger partial charge in [-0.2, -0.15) is 0 Å². The van der Waals surface area contributed by atoms with Gasteiger partial charge >= 0.3 is 0 Å². The molecule has 3 rings (SSSR count). The molecule has 0 aliphatic heterocycles. The number of likely N-dealkylation sites (N-methyl/N-ethyl adjacent to an activating group) is 1. The van der Waals surface area contributed by atoms with Gasteiger partial charge in [0, 0.05) is 13.6 Å². The first-order chi connectivity index (χ1) is 14.3. The fourth-order valence-corrected chi connectivity index (χ4v) is 4.66. The van der Waals surface area contributed by atoms with Gasteiger partial charge in [0.15, 0.2) is 0 Å². The Kier molecular flexibility index (Phi) is 6.57. The van der Waals surface area contributed by atoms with Gasteiger partial charge in [0.1, 0.15) is 6.54 Å². The molecule has 0 fully saturated rings. The SMILES string of the molecule is Cc1ccc(CN(C)C(=O)CN(c2ccccc2C)S(=O)(=O)c2ccccc2)cc1. The van der Waals surface area contributed by atoms with Crippen molar-refractivity contribution in [1.29, 1.82) is 0 Å². The molecule has 0 N–H and O–H groups in total. The van der Waals surface area contributed by atoms with Crippen LogP contribution in [0.4, 0.5) is 5.69 Å². The Morgan fingerprint density at radius 1 is 0.833 bits per heavy atom. The number of anilines is 1. The smallest absolute Gasteiger partial charge is 0.264 e. The predicted octanol–water partition coefficient (Wildman–Crippen LogP) is 4.16. The van der Waals surface area contributed by atoms with Gasteiger partial charge in [-0.05, 0) is 43.2 Å². The number of sulfonamides is 1. The summed E-state index contributed by atoms with van der Waals surface area (Å²) < 4.78 is 28.0. The van der Waals surface area contributed by atoms with Crippen molar-refractivity contribution in [1.82, 2.24) is 4.90 Å². The number of amides is 1. The average Bonchev–Trinajstić information content (AvgIpc) is 2.74. The molecule has 6 heteroatoms. The second kappa shape index (κ2) is 9.13. The minimum Gasteiger partial charge on any atom is -0.340 e. The zero-order chi connectivity index (χ0) is 21.7. The summed E-state index contributed by atoms with van der Waals surface area (Å²) in [5, 5.41) is 0. The van der Waals surface area contributed by atoms with E-state index < -0.39 is 10.0 Å². The van der Waals surface area contributed by atoms with E-state index in [4.69, 9.17) is 0 Å². The molecule has 0 bridgehead atoms. The number of aryl methyl sites for hydroxylation is 2. The molecule has 0 heterocycles. The highest BCUT2D eigenvalue weighted by Gasteiger charge is 2.29. The van der Waals surface area contributed by atoms with Gasteiger partial charge in [-0.25, -0.2) is 8.42 Å². The van der Waals surface area contributed by atoms with Crippen LogP contribution in [0.15, 0.2) is 83.8 Å². The Bertz CT molecular complexity index is 1110. The standard InChI is InChI=1S/C24H26N2O3S/c1-19-13-15-21(16-14-19)17-25(3)24(27)18-26(23-12-8-7-9-20(23)2)30(28,29)22-10-5-4-6-11-22/h4-16H,17-18H2,1-3H3. The molecule has 0 spiro atoms. The Morgan fingerprint density at radius 2 is 1.43 bits per heavy atom. The molecule has 0 aliphatic rings.